The largest absolute Gasteiger partial charge is 0.454 e. The van der Waals surface area contributed by atoms with Crippen molar-refractivity contribution >= 4 is 17.3 Å². The van der Waals surface area contributed by atoms with Crippen molar-refractivity contribution in [3.63, 3.8) is 0 Å². The Morgan fingerprint density at radius 2 is 2.00 bits per heavy atom. The first-order valence-corrected chi connectivity index (χ1v) is 6.19. The lowest BCUT2D eigenvalue weighted by molar-refractivity contribution is 0.173. The Kier molecular flexibility index (Phi) is 3.17. The highest BCUT2D eigenvalue weighted by Gasteiger charge is 2.17. The van der Waals surface area contributed by atoms with Crippen LogP contribution in [-0.4, -0.2) is 6.79 Å². The summed E-state index contributed by atoms with van der Waals surface area (Å²) in [6, 6.07) is 10.2. The lowest BCUT2D eigenvalue weighted by Gasteiger charge is -2.11. The Morgan fingerprint density at radius 3 is 2.84 bits per heavy atom. The Bertz CT molecular complexity index is 598. The number of benzene rings is 2. The maximum Gasteiger partial charge on any atom is 0.231 e. The van der Waals surface area contributed by atoms with E-state index >= 15 is 0 Å². The summed E-state index contributed by atoms with van der Waals surface area (Å²) in [6.45, 7) is 0.625. The summed E-state index contributed by atoms with van der Waals surface area (Å²) < 4.78 is 24.3. The van der Waals surface area contributed by atoms with E-state index in [0.29, 0.717) is 28.8 Å². The van der Waals surface area contributed by atoms with E-state index in [4.69, 9.17) is 21.1 Å². The van der Waals surface area contributed by atoms with Gasteiger partial charge in [0.1, 0.15) is 5.82 Å². The maximum atomic E-state index is 13.6. The standard InChI is InChI=1S/C14H11ClFNO2/c15-10-4-2-5-11(16)13(10)17-7-9-3-1-6-12-14(9)19-8-18-12/h1-6,17H,7-8H2. The number of nitrogens with one attached hydrogen (secondary N) is 1. The Labute approximate surface area is 114 Å². The van der Waals surface area contributed by atoms with Crippen molar-refractivity contribution in [3.05, 3.63) is 52.8 Å². The lowest BCUT2D eigenvalue weighted by Crippen LogP contribution is -2.03. The second-order valence-electron chi connectivity index (χ2n) is 4.10. The summed E-state index contributed by atoms with van der Waals surface area (Å²) in [5, 5.41) is 3.34. The molecule has 2 aromatic carbocycles. The number of ether oxygens (including phenoxy) is 2. The fourth-order valence-corrected chi connectivity index (χ4v) is 2.21. The maximum absolute atomic E-state index is 13.6. The molecule has 0 saturated heterocycles. The third kappa shape index (κ3) is 2.31. The Morgan fingerprint density at radius 1 is 1.16 bits per heavy atom. The highest BCUT2D eigenvalue weighted by Crippen LogP contribution is 2.36. The van der Waals surface area contributed by atoms with Gasteiger partial charge in [-0.05, 0) is 18.2 Å². The van der Waals surface area contributed by atoms with Crippen molar-refractivity contribution in [2.75, 3.05) is 12.1 Å². The lowest BCUT2D eigenvalue weighted by atomic mass is 10.2. The number of halogens is 2. The van der Waals surface area contributed by atoms with Gasteiger partial charge in [0.25, 0.3) is 0 Å². The normalized spacial score (nSPS) is 12.5. The van der Waals surface area contributed by atoms with Gasteiger partial charge in [-0.25, -0.2) is 4.39 Å². The molecule has 19 heavy (non-hydrogen) atoms. The number of anilines is 1. The third-order valence-corrected chi connectivity index (χ3v) is 3.21. The number of para-hydroxylation sites is 2. The van der Waals surface area contributed by atoms with Gasteiger partial charge in [0.15, 0.2) is 11.5 Å². The molecule has 0 unspecified atom stereocenters. The van der Waals surface area contributed by atoms with Gasteiger partial charge in [-0.1, -0.05) is 29.8 Å². The molecule has 98 valence electrons. The number of hydrogen-bond acceptors (Lipinski definition) is 3. The molecule has 2 aromatic rings. The van der Waals surface area contributed by atoms with Crippen LogP contribution in [0.5, 0.6) is 11.5 Å². The molecule has 0 radical (unpaired) electrons. The van der Waals surface area contributed by atoms with Gasteiger partial charge < -0.3 is 14.8 Å². The van der Waals surface area contributed by atoms with Gasteiger partial charge >= 0.3 is 0 Å². The molecule has 0 spiro atoms. The van der Waals surface area contributed by atoms with Gasteiger partial charge in [0, 0.05) is 12.1 Å². The van der Waals surface area contributed by atoms with Crippen LogP contribution in [0.15, 0.2) is 36.4 Å². The Balaban J connectivity index is 1.82. The smallest absolute Gasteiger partial charge is 0.231 e. The minimum Gasteiger partial charge on any atom is -0.454 e. The van der Waals surface area contributed by atoms with Crippen LogP contribution >= 0.6 is 11.6 Å². The minimum absolute atomic E-state index is 0.215. The van der Waals surface area contributed by atoms with Gasteiger partial charge in [-0.15, -0.1) is 0 Å². The van der Waals surface area contributed by atoms with E-state index in [2.05, 4.69) is 5.32 Å². The molecule has 0 aliphatic carbocycles. The van der Waals surface area contributed by atoms with E-state index < -0.39 is 0 Å². The highest BCUT2D eigenvalue weighted by molar-refractivity contribution is 6.33. The molecule has 0 bridgehead atoms. The van der Waals surface area contributed by atoms with Crippen molar-refractivity contribution < 1.29 is 13.9 Å². The predicted molar refractivity (Wildman–Crippen MR) is 71.3 cm³/mol. The van der Waals surface area contributed by atoms with E-state index in [0.717, 1.165) is 5.56 Å². The zero-order valence-corrected chi connectivity index (χ0v) is 10.7. The number of hydrogen-bond donors (Lipinski definition) is 1. The summed E-state index contributed by atoms with van der Waals surface area (Å²) in [6.07, 6.45) is 0. The molecule has 0 amide bonds. The van der Waals surface area contributed by atoms with Crippen molar-refractivity contribution in [2.24, 2.45) is 0 Å². The van der Waals surface area contributed by atoms with Crippen LogP contribution in [0, 0.1) is 5.82 Å². The molecule has 1 aliphatic heterocycles. The van der Waals surface area contributed by atoms with E-state index in [1.807, 2.05) is 18.2 Å². The van der Waals surface area contributed by atoms with Gasteiger partial charge in [-0.3, -0.25) is 0 Å². The molecular formula is C14H11ClFNO2. The Hall–Kier alpha value is -1.94. The van der Waals surface area contributed by atoms with Crippen molar-refractivity contribution in [2.45, 2.75) is 6.54 Å². The number of rotatable bonds is 3. The van der Waals surface area contributed by atoms with Crippen molar-refractivity contribution in [1.29, 1.82) is 0 Å². The van der Waals surface area contributed by atoms with Gasteiger partial charge in [-0.2, -0.15) is 0 Å². The van der Waals surface area contributed by atoms with E-state index in [1.54, 1.807) is 12.1 Å². The fourth-order valence-electron chi connectivity index (χ4n) is 1.98. The molecule has 0 atom stereocenters. The minimum atomic E-state index is -0.378. The van der Waals surface area contributed by atoms with Crippen molar-refractivity contribution in [1.82, 2.24) is 0 Å². The molecule has 3 rings (SSSR count). The average molecular weight is 280 g/mol. The second kappa shape index (κ2) is 4.97. The van der Waals surface area contributed by atoms with Crippen LogP contribution in [0.3, 0.4) is 0 Å². The summed E-state index contributed by atoms with van der Waals surface area (Å²) in [7, 11) is 0. The zero-order chi connectivity index (χ0) is 13.2. The van der Waals surface area contributed by atoms with Gasteiger partial charge in [0.2, 0.25) is 6.79 Å². The first-order valence-electron chi connectivity index (χ1n) is 5.81. The molecule has 1 aliphatic rings. The molecule has 0 fully saturated rings. The summed E-state index contributed by atoms with van der Waals surface area (Å²) >= 11 is 5.95. The second-order valence-corrected chi connectivity index (χ2v) is 4.51. The SMILES string of the molecule is Fc1cccc(Cl)c1NCc1cccc2c1OCO2. The van der Waals surface area contributed by atoms with Crippen LogP contribution in [0.1, 0.15) is 5.56 Å². The van der Waals surface area contributed by atoms with E-state index in [1.165, 1.54) is 6.07 Å². The molecule has 1 N–H and O–H groups in total. The molecule has 1 heterocycles. The summed E-state index contributed by atoms with van der Waals surface area (Å²) in [5.41, 5.74) is 1.19. The fraction of sp³-hybridized carbons (Fsp3) is 0.143. The molecule has 0 saturated carbocycles. The zero-order valence-electron chi connectivity index (χ0n) is 9.95. The van der Waals surface area contributed by atoms with Crippen LogP contribution in [0.25, 0.3) is 0 Å². The predicted octanol–water partition coefficient (Wildman–Crippen LogP) is 3.82. The van der Waals surface area contributed by atoms with E-state index in [-0.39, 0.29) is 12.6 Å². The average Bonchev–Trinajstić information content (AvgIpc) is 2.87. The molecule has 5 heteroatoms. The third-order valence-electron chi connectivity index (χ3n) is 2.90. The van der Waals surface area contributed by atoms with Gasteiger partial charge in [0.05, 0.1) is 10.7 Å². The molecule has 3 nitrogen and oxygen atoms in total. The number of fused-ring (bicyclic) bond motifs is 1. The first-order chi connectivity index (χ1) is 9.25. The molecule has 0 aromatic heterocycles. The summed E-state index contributed by atoms with van der Waals surface area (Å²) in [4.78, 5) is 0. The van der Waals surface area contributed by atoms with Crippen LogP contribution in [-0.2, 0) is 6.54 Å². The van der Waals surface area contributed by atoms with E-state index in [9.17, 15) is 4.39 Å². The first kappa shape index (κ1) is 12.1. The quantitative estimate of drug-likeness (QED) is 0.926. The topological polar surface area (TPSA) is 30.5 Å². The van der Waals surface area contributed by atoms with Crippen LogP contribution in [0.2, 0.25) is 5.02 Å². The summed E-state index contributed by atoms with van der Waals surface area (Å²) in [5.74, 6) is 1.03. The molecular weight excluding hydrogens is 269 g/mol. The van der Waals surface area contributed by atoms with Crippen LogP contribution in [0.4, 0.5) is 10.1 Å². The monoisotopic (exact) mass is 279 g/mol. The van der Waals surface area contributed by atoms with Crippen molar-refractivity contribution in [3.8, 4) is 11.5 Å². The van der Waals surface area contributed by atoms with Crippen LogP contribution < -0.4 is 14.8 Å². The highest BCUT2D eigenvalue weighted by atomic mass is 35.5.